The van der Waals surface area contributed by atoms with E-state index in [1.54, 1.807) is 12.1 Å². The summed E-state index contributed by atoms with van der Waals surface area (Å²) in [7, 11) is 0. The minimum Gasteiger partial charge on any atom is -0.489 e. The van der Waals surface area contributed by atoms with E-state index in [-0.39, 0.29) is 22.2 Å². The number of nitrogens with zero attached hydrogens (tertiary/aromatic N) is 2. The second kappa shape index (κ2) is 7.12. The zero-order chi connectivity index (χ0) is 18.0. The highest BCUT2D eigenvalue weighted by Gasteiger charge is 2.28. The molecule has 132 valence electrons. The van der Waals surface area contributed by atoms with Crippen LogP contribution in [0.4, 0.5) is 14.5 Å². The molecule has 25 heavy (non-hydrogen) atoms. The molecule has 0 bridgehead atoms. The molecule has 2 aromatic carbocycles. The number of nitrogens with two attached hydrogens (primary N) is 2. The van der Waals surface area contributed by atoms with E-state index < -0.39 is 5.82 Å². The van der Waals surface area contributed by atoms with Crippen molar-refractivity contribution in [1.29, 1.82) is 0 Å². The predicted molar refractivity (Wildman–Crippen MR) is 92.4 cm³/mol. The molecule has 0 fully saturated rings. The topological polar surface area (TPSA) is 88.9 Å². The van der Waals surface area contributed by atoms with Gasteiger partial charge in [0.25, 0.3) is 0 Å². The Labute approximate surface area is 148 Å². The van der Waals surface area contributed by atoms with E-state index in [2.05, 4.69) is 5.10 Å². The average Bonchev–Trinajstić information content (AvgIpc) is 2.57. The van der Waals surface area contributed by atoms with Crippen molar-refractivity contribution in [3.8, 4) is 5.75 Å². The normalized spacial score (nSPS) is 14.1. The number of ether oxygens (including phenoxy) is 1. The molecule has 0 amide bonds. The van der Waals surface area contributed by atoms with Crippen molar-refractivity contribution in [2.45, 2.75) is 6.54 Å². The summed E-state index contributed by atoms with van der Waals surface area (Å²) in [6.07, 6.45) is 0. The van der Waals surface area contributed by atoms with Crippen molar-refractivity contribution in [1.82, 2.24) is 5.53 Å². The van der Waals surface area contributed by atoms with E-state index in [0.717, 1.165) is 5.56 Å². The Kier molecular flexibility index (Phi) is 4.91. The van der Waals surface area contributed by atoms with Crippen molar-refractivity contribution < 1.29 is 13.5 Å². The van der Waals surface area contributed by atoms with Gasteiger partial charge in [-0.05, 0) is 17.7 Å². The van der Waals surface area contributed by atoms with Gasteiger partial charge in [0, 0.05) is 12.6 Å². The largest absolute Gasteiger partial charge is 0.489 e. The van der Waals surface area contributed by atoms with Gasteiger partial charge in [-0.3, -0.25) is 0 Å². The number of nitrogens with one attached hydrogen (secondary N) is 1. The van der Waals surface area contributed by atoms with Gasteiger partial charge in [-0.15, -0.1) is 5.10 Å². The molecule has 1 heterocycles. The Morgan fingerprint density at radius 1 is 1.36 bits per heavy atom. The predicted octanol–water partition coefficient (Wildman–Crippen LogP) is 2.10. The van der Waals surface area contributed by atoms with Gasteiger partial charge in [0.1, 0.15) is 18.2 Å². The first-order valence-electron chi connectivity index (χ1n) is 7.44. The van der Waals surface area contributed by atoms with Crippen molar-refractivity contribution in [3.05, 3.63) is 58.1 Å². The molecule has 5 N–H and O–H groups in total. The Hall–Kier alpha value is -2.58. The highest BCUT2D eigenvalue weighted by molar-refractivity contribution is 6.31. The summed E-state index contributed by atoms with van der Waals surface area (Å²) in [5.41, 5.74) is 8.99. The third-order valence-electron chi connectivity index (χ3n) is 3.80. The molecule has 9 heteroatoms. The van der Waals surface area contributed by atoms with E-state index in [4.69, 9.17) is 27.9 Å². The highest BCUT2D eigenvalue weighted by atomic mass is 35.5. The summed E-state index contributed by atoms with van der Waals surface area (Å²) in [6.45, 7) is 1.17. The smallest absolute Gasteiger partial charge is 0.157 e. The fourth-order valence-electron chi connectivity index (χ4n) is 2.77. The standard InChI is InChI=1S/C16H16ClF2N5O/c17-11-7-12-15(13(14(11)19)16(20)22-23-21)24(4-5-25-12)8-9-2-1-3-10(18)6-9/h1-3,6-7,23H,4-5,8,21H2,(H2,20,22). The number of anilines is 1. The molecule has 0 spiro atoms. The molecular formula is C16H16ClF2N5O. The molecule has 0 aliphatic carbocycles. The summed E-state index contributed by atoms with van der Waals surface area (Å²) in [4.78, 5) is 1.83. The van der Waals surface area contributed by atoms with E-state index >= 15 is 0 Å². The molecule has 1 aliphatic rings. The van der Waals surface area contributed by atoms with Crippen LogP contribution in [-0.4, -0.2) is 19.0 Å². The van der Waals surface area contributed by atoms with E-state index in [0.29, 0.717) is 31.1 Å². The second-order valence-corrected chi connectivity index (χ2v) is 5.83. The zero-order valence-corrected chi connectivity index (χ0v) is 13.9. The number of halogens is 3. The number of hydrogen-bond acceptors (Lipinski definition) is 5. The minimum absolute atomic E-state index is 0.0171. The number of benzene rings is 2. The van der Waals surface area contributed by atoms with Gasteiger partial charge in [-0.1, -0.05) is 23.7 Å². The first kappa shape index (κ1) is 17.2. The van der Waals surface area contributed by atoms with Crippen molar-refractivity contribution >= 4 is 23.1 Å². The van der Waals surface area contributed by atoms with Gasteiger partial charge in [-0.25, -0.2) is 20.2 Å². The van der Waals surface area contributed by atoms with Crippen LogP contribution in [0, 0.1) is 11.6 Å². The Balaban J connectivity index is 2.10. The molecule has 1 aliphatic heterocycles. The van der Waals surface area contributed by atoms with Crippen LogP contribution in [0.15, 0.2) is 35.4 Å². The maximum Gasteiger partial charge on any atom is 0.157 e. The van der Waals surface area contributed by atoms with Gasteiger partial charge in [0.15, 0.2) is 11.7 Å². The SMILES string of the molecule is NN/N=C(\N)c1c(F)c(Cl)cc2c1N(Cc1cccc(F)c1)CCO2. The van der Waals surface area contributed by atoms with Gasteiger partial charge in [-0.2, -0.15) is 0 Å². The number of hydrogen-bond donors (Lipinski definition) is 3. The first-order valence-corrected chi connectivity index (χ1v) is 7.82. The molecule has 0 saturated heterocycles. The quantitative estimate of drug-likeness (QED) is 0.333. The summed E-state index contributed by atoms with van der Waals surface area (Å²) in [5.74, 6) is 4.27. The number of amidine groups is 1. The van der Waals surface area contributed by atoms with E-state index in [9.17, 15) is 8.78 Å². The number of rotatable bonds is 4. The Morgan fingerprint density at radius 3 is 2.88 bits per heavy atom. The molecule has 0 radical (unpaired) electrons. The summed E-state index contributed by atoms with van der Waals surface area (Å²) >= 11 is 5.94. The van der Waals surface area contributed by atoms with Crippen LogP contribution in [0.2, 0.25) is 5.02 Å². The third kappa shape index (κ3) is 3.45. The van der Waals surface area contributed by atoms with Crippen molar-refractivity contribution in [3.63, 3.8) is 0 Å². The number of fused-ring (bicyclic) bond motifs is 1. The van der Waals surface area contributed by atoms with E-state index in [1.807, 2.05) is 10.4 Å². The van der Waals surface area contributed by atoms with Crippen LogP contribution in [0.25, 0.3) is 0 Å². The number of hydrazine groups is 1. The molecule has 6 nitrogen and oxygen atoms in total. The summed E-state index contributed by atoms with van der Waals surface area (Å²) < 4.78 is 33.7. The summed E-state index contributed by atoms with van der Waals surface area (Å²) in [5, 5.41) is 3.50. The van der Waals surface area contributed by atoms with E-state index in [1.165, 1.54) is 18.2 Å². The van der Waals surface area contributed by atoms with Crippen LogP contribution in [0.5, 0.6) is 5.75 Å². The van der Waals surface area contributed by atoms with Crippen LogP contribution in [0.3, 0.4) is 0 Å². The lowest BCUT2D eigenvalue weighted by molar-refractivity contribution is 0.306. The first-order chi connectivity index (χ1) is 12.0. The van der Waals surface area contributed by atoms with Crippen LogP contribution in [0.1, 0.15) is 11.1 Å². The van der Waals surface area contributed by atoms with Gasteiger partial charge in [0.2, 0.25) is 0 Å². The van der Waals surface area contributed by atoms with Gasteiger partial charge in [0.05, 0.1) is 22.8 Å². The molecular weight excluding hydrogens is 352 g/mol. The molecule has 0 aromatic heterocycles. The molecule has 3 rings (SSSR count). The summed E-state index contributed by atoms with van der Waals surface area (Å²) in [6, 6.07) is 7.56. The Morgan fingerprint density at radius 2 is 2.16 bits per heavy atom. The molecule has 0 saturated carbocycles. The molecule has 2 aromatic rings. The lowest BCUT2D eigenvalue weighted by Gasteiger charge is -2.33. The maximum absolute atomic E-state index is 14.6. The van der Waals surface area contributed by atoms with Gasteiger partial charge < -0.3 is 15.4 Å². The fourth-order valence-corrected chi connectivity index (χ4v) is 2.96. The van der Waals surface area contributed by atoms with Gasteiger partial charge >= 0.3 is 0 Å². The fraction of sp³-hybridized carbons (Fsp3) is 0.188. The average molecular weight is 368 g/mol. The second-order valence-electron chi connectivity index (χ2n) is 5.42. The molecule has 0 unspecified atom stereocenters. The van der Waals surface area contributed by atoms with Crippen molar-refractivity contribution in [2.75, 3.05) is 18.1 Å². The Bertz CT molecular complexity index is 830. The lowest BCUT2D eigenvalue weighted by Crippen LogP contribution is -2.35. The maximum atomic E-state index is 14.6. The monoisotopic (exact) mass is 367 g/mol. The van der Waals surface area contributed by atoms with Crippen molar-refractivity contribution in [2.24, 2.45) is 16.7 Å². The van der Waals surface area contributed by atoms with Crippen LogP contribution < -0.4 is 26.7 Å². The third-order valence-corrected chi connectivity index (χ3v) is 4.07. The molecule has 0 atom stereocenters. The zero-order valence-electron chi connectivity index (χ0n) is 13.1. The lowest BCUT2D eigenvalue weighted by atomic mass is 10.1. The van der Waals surface area contributed by atoms with Crippen LogP contribution in [-0.2, 0) is 6.54 Å². The highest BCUT2D eigenvalue weighted by Crippen LogP contribution is 2.40. The number of hydrazone groups is 1. The minimum atomic E-state index is -0.730. The van der Waals surface area contributed by atoms with Crippen LogP contribution >= 0.6 is 11.6 Å².